The normalized spacial score (nSPS) is 11.7. The Balaban J connectivity index is 0.00000200. The van der Waals surface area contributed by atoms with Gasteiger partial charge in [-0.1, -0.05) is 30.3 Å². The van der Waals surface area contributed by atoms with Gasteiger partial charge in [-0.15, -0.1) is 12.4 Å². The van der Waals surface area contributed by atoms with Crippen molar-refractivity contribution in [1.82, 2.24) is 0 Å². The van der Waals surface area contributed by atoms with E-state index in [1.54, 1.807) is 19.1 Å². The van der Waals surface area contributed by atoms with Crippen LogP contribution in [0, 0.1) is 0 Å². The monoisotopic (exact) mass is 295 g/mol. The molecule has 2 rings (SSSR count). The Morgan fingerprint density at radius 3 is 2.55 bits per heavy atom. The minimum Gasteiger partial charge on any atom is -0.507 e. The van der Waals surface area contributed by atoms with Crippen molar-refractivity contribution in [3.8, 4) is 5.75 Å². The molecule has 0 radical (unpaired) electrons. The maximum Gasteiger partial charge on any atom is 0.307 e. The van der Waals surface area contributed by atoms with Crippen LogP contribution < -0.4 is 5.73 Å². The van der Waals surface area contributed by atoms with E-state index in [2.05, 4.69) is 0 Å². The van der Waals surface area contributed by atoms with Gasteiger partial charge in [0.2, 0.25) is 0 Å². The molecule has 0 fully saturated rings. The highest BCUT2D eigenvalue weighted by molar-refractivity contribution is 5.91. The van der Waals surface area contributed by atoms with Gasteiger partial charge in [0.1, 0.15) is 5.75 Å². The summed E-state index contributed by atoms with van der Waals surface area (Å²) in [6.45, 7) is 2.11. The van der Waals surface area contributed by atoms with Crippen LogP contribution in [0.25, 0.3) is 10.8 Å². The predicted octanol–water partition coefficient (Wildman–Crippen LogP) is 2.92. The second kappa shape index (κ2) is 7.12. The third kappa shape index (κ3) is 3.40. The molecule has 0 bridgehead atoms. The van der Waals surface area contributed by atoms with Crippen LogP contribution in [0.15, 0.2) is 36.4 Å². The van der Waals surface area contributed by atoms with Gasteiger partial charge in [-0.05, 0) is 23.9 Å². The molecule has 0 aliphatic carbocycles. The Hall–Kier alpha value is -1.78. The summed E-state index contributed by atoms with van der Waals surface area (Å²) in [4.78, 5) is 11.5. The van der Waals surface area contributed by atoms with Crippen molar-refractivity contribution in [2.45, 2.75) is 19.4 Å². The minimum absolute atomic E-state index is 0. The molecule has 0 aromatic heterocycles. The number of phenolic OH excluding ortho intramolecular Hbond substituents is 1. The van der Waals surface area contributed by atoms with E-state index in [1.807, 2.05) is 24.3 Å². The molecule has 2 aromatic carbocycles. The van der Waals surface area contributed by atoms with Crippen molar-refractivity contribution < 1.29 is 14.6 Å². The van der Waals surface area contributed by atoms with E-state index in [4.69, 9.17) is 10.5 Å². The second-order valence-corrected chi connectivity index (χ2v) is 4.34. The van der Waals surface area contributed by atoms with Gasteiger partial charge < -0.3 is 15.6 Å². The first-order valence-corrected chi connectivity index (χ1v) is 6.25. The van der Waals surface area contributed by atoms with Gasteiger partial charge in [0.15, 0.2) is 0 Å². The minimum atomic E-state index is -0.440. The van der Waals surface area contributed by atoms with Crippen molar-refractivity contribution in [3.05, 3.63) is 42.0 Å². The van der Waals surface area contributed by atoms with E-state index in [1.165, 1.54) is 0 Å². The average molecular weight is 296 g/mol. The van der Waals surface area contributed by atoms with Crippen LogP contribution >= 0.6 is 12.4 Å². The molecule has 2 aromatic rings. The van der Waals surface area contributed by atoms with Crippen molar-refractivity contribution in [2.24, 2.45) is 5.73 Å². The topological polar surface area (TPSA) is 72.5 Å². The van der Waals surface area contributed by atoms with Crippen LogP contribution in [-0.2, 0) is 9.53 Å². The molecule has 0 saturated carbocycles. The highest BCUT2D eigenvalue weighted by Crippen LogP contribution is 2.31. The third-order valence-electron chi connectivity index (χ3n) is 3.03. The van der Waals surface area contributed by atoms with Crippen LogP contribution in [0.5, 0.6) is 5.75 Å². The zero-order valence-corrected chi connectivity index (χ0v) is 12.0. The molecule has 4 nitrogen and oxygen atoms in total. The molecular formula is C15H18ClNO3. The lowest BCUT2D eigenvalue weighted by molar-refractivity contribution is -0.143. The van der Waals surface area contributed by atoms with Crippen LogP contribution in [0.2, 0.25) is 0 Å². The number of esters is 1. The first-order valence-electron chi connectivity index (χ1n) is 6.25. The van der Waals surface area contributed by atoms with E-state index in [0.717, 1.165) is 16.3 Å². The van der Waals surface area contributed by atoms with E-state index < -0.39 is 6.04 Å². The van der Waals surface area contributed by atoms with Gasteiger partial charge in [0.05, 0.1) is 13.0 Å². The summed E-state index contributed by atoms with van der Waals surface area (Å²) in [5, 5.41) is 11.4. The number of hydrogen-bond acceptors (Lipinski definition) is 4. The van der Waals surface area contributed by atoms with Crippen molar-refractivity contribution in [1.29, 1.82) is 0 Å². The molecule has 1 atom stereocenters. The Kier molecular flexibility index (Phi) is 5.80. The molecule has 0 spiro atoms. The lowest BCUT2D eigenvalue weighted by Gasteiger charge is -2.14. The van der Waals surface area contributed by atoms with Crippen LogP contribution in [0.1, 0.15) is 24.9 Å². The Morgan fingerprint density at radius 1 is 1.25 bits per heavy atom. The van der Waals surface area contributed by atoms with Crippen molar-refractivity contribution in [3.63, 3.8) is 0 Å². The first kappa shape index (κ1) is 16.3. The molecule has 108 valence electrons. The number of ether oxygens (including phenoxy) is 1. The van der Waals surface area contributed by atoms with E-state index in [0.29, 0.717) is 6.61 Å². The van der Waals surface area contributed by atoms with Gasteiger partial charge in [0.25, 0.3) is 0 Å². The van der Waals surface area contributed by atoms with Crippen LogP contribution in [0.3, 0.4) is 0 Å². The summed E-state index contributed by atoms with van der Waals surface area (Å²) in [5.41, 5.74) is 6.89. The fourth-order valence-electron chi connectivity index (χ4n) is 2.14. The Labute approximate surface area is 124 Å². The fraction of sp³-hybridized carbons (Fsp3) is 0.267. The standard InChI is InChI=1S/C15H17NO3.ClH/c1-2-19-15(18)9-13(16)11-7-8-14(17)12-6-4-3-5-10(11)12;/h3-8,13,17H,2,9,16H2,1H3;1H/t13-;/m1./s1. The molecule has 5 heteroatoms. The van der Waals surface area contributed by atoms with Gasteiger partial charge in [-0.25, -0.2) is 0 Å². The molecule has 20 heavy (non-hydrogen) atoms. The van der Waals surface area contributed by atoms with Gasteiger partial charge in [0, 0.05) is 11.4 Å². The predicted molar refractivity (Wildman–Crippen MR) is 81.0 cm³/mol. The number of nitrogens with two attached hydrogens (primary N) is 1. The number of aromatic hydroxyl groups is 1. The summed E-state index contributed by atoms with van der Waals surface area (Å²) >= 11 is 0. The van der Waals surface area contributed by atoms with Crippen LogP contribution in [0.4, 0.5) is 0 Å². The highest BCUT2D eigenvalue weighted by atomic mass is 35.5. The summed E-state index contributed by atoms with van der Waals surface area (Å²) in [5.74, 6) is -0.102. The van der Waals surface area contributed by atoms with Gasteiger partial charge >= 0.3 is 5.97 Å². The molecule has 0 unspecified atom stereocenters. The molecule has 0 aliphatic heterocycles. The van der Waals surface area contributed by atoms with E-state index >= 15 is 0 Å². The maximum atomic E-state index is 11.5. The average Bonchev–Trinajstić information content (AvgIpc) is 2.39. The van der Waals surface area contributed by atoms with E-state index in [-0.39, 0.29) is 30.5 Å². The lowest BCUT2D eigenvalue weighted by atomic mass is 9.97. The molecule has 0 amide bonds. The number of halogens is 1. The number of fused-ring (bicyclic) bond motifs is 1. The van der Waals surface area contributed by atoms with E-state index in [9.17, 15) is 9.90 Å². The number of rotatable bonds is 4. The molecule has 0 heterocycles. The smallest absolute Gasteiger partial charge is 0.307 e. The second-order valence-electron chi connectivity index (χ2n) is 4.34. The number of phenols is 1. The molecular weight excluding hydrogens is 278 g/mol. The first-order chi connectivity index (χ1) is 9.13. The summed E-state index contributed by atoms with van der Waals surface area (Å²) in [7, 11) is 0. The number of hydrogen-bond donors (Lipinski definition) is 2. The van der Waals surface area contributed by atoms with Crippen molar-refractivity contribution in [2.75, 3.05) is 6.61 Å². The molecule has 0 saturated heterocycles. The van der Waals surface area contributed by atoms with Crippen molar-refractivity contribution >= 4 is 29.1 Å². The summed E-state index contributed by atoms with van der Waals surface area (Å²) in [6.07, 6.45) is 0.128. The summed E-state index contributed by atoms with van der Waals surface area (Å²) < 4.78 is 4.90. The largest absolute Gasteiger partial charge is 0.507 e. The summed E-state index contributed by atoms with van der Waals surface area (Å²) in [6, 6.07) is 10.3. The fourth-order valence-corrected chi connectivity index (χ4v) is 2.14. The van der Waals surface area contributed by atoms with Crippen LogP contribution in [-0.4, -0.2) is 17.7 Å². The Bertz CT molecular complexity index is 601. The SMILES string of the molecule is CCOC(=O)C[C@@H](N)c1ccc(O)c2ccccc12.Cl. The Morgan fingerprint density at radius 2 is 1.90 bits per heavy atom. The number of benzene rings is 2. The van der Waals surface area contributed by atoms with Gasteiger partial charge in [-0.3, -0.25) is 4.79 Å². The van der Waals surface area contributed by atoms with Gasteiger partial charge in [-0.2, -0.15) is 0 Å². The number of carbonyl (C=O) groups is 1. The highest BCUT2D eigenvalue weighted by Gasteiger charge is 2.15. The number of carbonyl (C=O) groups excluding carboxylic acids is 1. The molecule has 0 aliphatic rings. The maximum absolute atomic E-state index is 11.5. The quantitative estimate of drug-likeness (QED) is 0.851. The third-order valence-corrected chi connectivity index (χ3v) is 3.03. The zero-order valence-electron chi connectivity index (χ0n) is 11.2. The zero-order chi connectivity index (χ0) is 13.8. The lowest BCUT2D eigenvalue weighted by Crippen LogP contribution is -2.17. The molecule has 3 N–H and O–H groups in total.